The molecule has 0 radical (unpaired) electrons. The number of rotatable bonds is 9. The van der Waals surface area contributed by atoms with Crippen molar-refractivity contribution in [3.8, 4) is 5.75 Å². The fourth-order valence-corrected chi connectivity index (χ4v) is 5.36. The molecular formula is C29H32FN5O6. The zero-order valence-electron chi connectivity index (χ0n) is 22.8. The zero-order valence-corrected chi connectivity index (χ0v) is 22.8. The minimum absolute atomic E-state index is 0.0247. The number of pyridine rings is 1. The number of carboxylic acids is 1. The molecule has 5 rings (SSSR count). The van der Waals surface area contributed by atoms with Crippen LogP contribution in [0.4, 0.5) is 10.1 Å². The number of methoxy groups -OCH3 is 1. The molecule has 1 aliphatic heterocycles. The molecule has 0 spiro atoms. The molecule has 1 aromatic heterocycles. The van der Waals surface area contributed by atoms with E-state index < -0.39 is 34.9 Å². The molecular weight excluding hydrogens is 533 g/mol. The van der Waals surface area contributed by atoms with Crippen LogP contribution in [0.5, 0.6) is 5.75 Å². The summed E-state index contributed by atoms with van der Waals surface area (Å²) in [5.74, 6) is -2.38. The minimum atomic E-state index is -1.38. The lowest BCUT2D eigenvalue weighted by Gasteiger charge is -2.36. The van der Waals surface area contributed by atoms with Crippen molar-refractivity contribution in [2.75, 3.05) is 32.2 Å². The highest BCUT2D eigenvalue weighted by Gasteiger charge is 2.35. The number of carboxylic acid groups (broad SMARTS) is 1. The van der Waals surface area contributed by atoms with E-state index in [1.54, 1.807) is 9.47 Å². The van der Waals surface area contributed by atoms with Gasteiger partial charge in [-0.1, -0.05) is 35.5 Å². The molecule has 1 unspecified atom stereocenters. The highest BCUT2D eigenvalue weighted by molar-refractivity contribution is 5.99. The maximum absolute atomic E-state index is 15.8. The molecule has 2 aliphatic rings. The number of ether oxygens (including phenoxy) is 1. The second kappa shape index (κ2) is 11.6. The van der Waals surface area contributed by atoms with Crippen LogP contribution in [0.25, 0.3) is 10.9 Å². The van der Waals surface area contributed by atoms with Crippen LogP contribution in [0.15, 0.2) is 52.5 Å². The van der Waals surface area contributed by atoms with E-state index in [0.29, 0.717) is 30.6 Å². The van der Waals surface area contributed by atoms with E-state index in [1.165, 1.54) is 20.4 Å². The van der Waals surface area contributed by atoms with Gasteiger partial charge in [-0.3, -0.25) is 9.59 Å². The molecule has 1 saturated carbocycles. The largest absolute Gasteiger partial charge is 0.492 e. The number of hydrogen-bond donors (Lipinski definition) is 3. The predicted octanol–water partition coefficient (Wildman–Crippen LogP) is 2.45. The fraction of sp³-hybridized carbons (Fsp3) is 0.379. The third kappa shape index (κ3) is 5.60. The number of oxime groups is 1. The van der Waals surface area contributed by atoms with Gasteiger partial charge in [0.05, 0.1) is 35.8 Å². The predicted molar refractivity (Wildman–Crippen MR) is 151 cm³/mol. The average Bonchev–Trinajstić information content (AvgIpc) is 3.80. The van der Waals surface area contributed by atoms with Gasteiger partial charge >= 0.3 is 5.97 Å². The number of nitrogens with one attached hydrogen (secondary N) is 1. The molecule has 216 valence electrons. The van der Waals surface area contributed by atoms with Crippen molar-refractivity contribution in [2.45, 2.75) is 43.8 Å². The fourth-order valence-electron chi connectivity index (χ4n) is 5.36. The summed E-state index contributed by atoms with van der Waals surface area (Å²) in [6.07, 6.45) is 3.59. The van der Waals surface area contributed by atoms with Gasteiger partial charge in [0, 0.05) is 31.7 Å². The topological polar surface area (TPSA) is 148 Å². The normalized spacial score (nSPS) is 18.8. The lowest BCUT2D eigenvalue weighted by molar-refractivity contribution is -0.122. The Morgan fingerprint density at radius 3 is 2.61 bits per heavy atom. The molecule has 2 fully saturated rings. The van der Waals surface area contributed by atoms with E-state index in [4.69, 9.17) is 15.3 Å². The second-order valence-electron chi connectivity index (χ2n) is 10.3. The zero-order chi connectivity index (χ0) is 29.3. The number of piperidine rings is 1. The van der Waals surface area contributed by atoms with Crippen molar-refractivity contribution in [3.63, 3.8) is 0 Å². The molecule has 3 aromatic rings. The van der Waals surface area contributed by atoms with Crippen LogP contribution in [0.3, 0.4) is 0 Å². The number of halogens is 1. The molecule has 2 heterocycles. The Hall–Kier alpha value is -4.45. The SMILES string of the molecule is CO/N=C1\CCN(c2c(F)cc3c(=O)c(C(=O)O)cn(C4CC4)c3c2OC)CC1NC(=O)[C@H](N)Cc1ccccc1. The molecule has 1 saturated heterocycles. The molecule has 0 bridgehead atoms. The maximum Gasteiger partial charge on any atom is 0.341 e. The summed E-state index contributed by atoms with van der Waals surface area (Å²) in [6, 6.07) is 9.00. The van der Waals surface area contributed by atoms with Crippen LogP contribution < -0.4 is 26.1 Å². The van der Waals surface area contributed by atoms with E-state index in [-0.39, 0.29) is 35.3 Å². The van der Waals surface area contributed by atoms with Crippen LogP contribution in [-0.4, -0.2) is 66.7 Å². The van der Waals surface area contributed by atoms with Gasteiger partial charge in [0.2, 0.25) is 11.3 Å². The number of fused-ring (bicyclic) bond motifs is 1. The van der Waals surface area contributed by atoms with Gasteiger partial charge in [-0.2, -0.15) is 0 Å². The molecule has 4 N–H and O–H groups in total. The van der Waals surface area contributed by atoms with Crippen molar-refractivity contribution in [2.24, 2.45) is 10.9 Å². The van der Waals surface area contributed by atoms with Gasteiger partial charge in [0.25, 0.3) is 0 Å². The smallest absolute Gasteiger partial charge is 0.341 e. The lowest BCUT2D eigenvalue weighted by Crippen LogP contribution is -2.56. The number of benzene rings is 2. The van der Waals surface area contributed by atoms with E-state index >= 15 is 4.39 Å². The number of aromatic carboxylic acids is 1. The number of nitrogens with zero attached hydrogens (tertiary/aromatic N) is 3. The van der Waals surface area contributed by atoms with E-state index in [1.807, 2.05) is 30.3 Å². The van der Waals surface area contributed by atoms with Crippen molar-refractivity contribution in [1.82, 2.24) is 9.88 Å². The Bertz CT molecular complexity index is 1570. The average molecular weight is 566 g/mol. The van der Waals surface area contributed by atoms with Crippen LogP contribution in [-0.2, 0) is 16.1 Å². The van der Waals surface area contributed by atoms with E-state index in [2.05, 4.69) is 10.5 Å². The number of amides is 1. The number of carbonyl (C=O) groups excluding carboxylic acids is 1. The number of carbonyl (C=O) groups is 2. The van der Waals surface area contributed by atoms with Crippen molar-refractivity contribution >= 4 is 34.2 Å². The highest BCUT2D eigenvalue weighted by Crippen LogP contribution is 2.44. The van der Waals surface area contributed by atoms with Crippen LogP contribution in [0.2, 0.25) is 0 Å². The van der Waals surface area contributed by atoms with E-state index in [9.17, 15) is 19.5 Å². The van der Waals surface area contributed by atoms with Gasteiger partial charge < -0.3 is 35.2 Å². The number of anilines is 1. The van der Waals surface area contributed by atoms with Gasteiger partial charge in [-0.05, 0) is 30.9 Å². The number of hydrogen-bond acceptors (Lipinski definition) is 8. The minimum Gasteiger partial charge on any atom is -0.492 e. The monoisotopic (exact) mass is 565 g/mol. The van der Waals surface area contributed by atoms with Crippen LogP contribution in [0, 0.1) is 5.82 Å². The maximum atomic E-state index is 15.8. The summed E-state index contributed by atoms with van der Waals surface area (Å²) in [4.78, 5) is 44.6. The Labute approximate surface area is 235 Å². The quantitative estimate of drug-likeness (QED) is 0.335. The van der Waals surface area contributed by atoms with Gasteiger partial charge in [-0.25, -0.2) is 9.18 Å². The first-order valence-corrected chi connectivity index (χ1v) is 13.4. The lowest BCUT2D eigenvalue weighted by atomic mass is 9.99. The first-order valence-electron chi connectivity index (χ1n) is 13.4. The van der Waals surface area contributed by atoms with Crippen molar-refractivity contribution < 1.29 is 28.7 Å². The van der Waals surface area contributed by atoms with Crippen molar-refractivity contribution in [1.29, 1.82) is 0 Å². The first-order chi connectivity index (χ1) is 19.7. The summed E-state index contributed by atoms with van der Waals surface area (Å²) < 4.78 is 23.2. The third-order valence-corrected chi connectivity index (χ3v) is 7.49. The van der Waals surface area contributed by atoms with Crippen LogP contribution >= 0.6 is 0 Å². The highest BCUT2D eigenvalue weighted by atomic mass is 19.1. The summed E-state index contributed by atoms with van der Waals surface area (Å²) in [5.41, 5.74) is 6.95. The Kier molecular flexibility index (Phi) is 7.93. The molecule has 11 nitrogen and oxygen atoms in total. The number of aromatic nitrogens is 1. The van der Waals surface area contributed by atoms with Gasteiger partial charge in [0.15, 0.2) is 11.6 Å². The summed E-state index contributed by atoms with van der Waals surface area (Å²) in [5, 5.41) is 16.6. The molecule has 2 atom stereocenters. The van der Waals surface area contributed by atoms with Crippen molar-refractivity contribution in [3.05, 3.63) is 69.8 Å². The first kappa shape index (κ1) is 28.1. The molecule has 12 heteroatoms. The second-order valence-corrected chi connectivity index (χ2v) is 10.3. The summed E-state index contributed by atoms with van der Waals surface area (Å²) in [7, 11) is 2.79. The van der Waals surface area contributed by atoms with E-state index in [0.717, 1.165) is 24.5 Å². The standard InChI is InChI=1S/C29H32FN5O6/c1-40-27-24-18(26(36)19(29(38)39)14-35(24)17-8-9-17)13-20(30)25(27)34-11-10-22(33-41-2)23(15-34)32-28(37)21(31)12-16-6-4-3-5-7-16/h3-7,13-14,17,21,23H,8-12,15,31H2,1-2H3,(H,32,37)(H,38,39)/b33-22+/t21-,23?/m1/s1. The molecule has 1 aliphatic carbocycles. The van der Waals surface area contributed by atoms with Gasteiger partial charge in [0.1, 0.15) is 18.4 Å². The molecule has 41 heavy (non-hydrogen) atoms. The number of nitrogens with two attached hydrogens (primary N) is 1. The van der Waals surface area contributed by atoms with Gasteiger partial charge in [-0.15, -0.1) is 0 Å². The Balaban J connectivity index is 1.50. The summed E-state index contributed by atoms with van der Waals surface area (Å²) in [6.45, 7) is 0.454. The molecule has 1 amide bonds. The summed E-state index contributed by atoms with van der Waals surface area (Å²) >= 11 is 0. The Morgan fingerprint density at radius 1 is 1.24 bits per heavy atom. The Morgan fingerprint density at radius 2 is 1.98 bits per heavy atom. The van der Waals surface area contributed by atoms with Crippen LogP contribution in [0.1, 0.15) is 41.2 Å². The molecule has 2 aromatic carbocycles. The third-order valence-electron chi connectivity index (χ3n) is 7.49.